The number of rotatable bonds is 6. The molecule has 0 aromatic rings. The summed E-state index contributed by atoms with van der Waals surface area (Å²) in [6, 6.07) is 0.512. The van der Waals surface area contributed by atoms with Gasteiger partial charge < -0.3 is 10.1 Å². The highest BCUT2D eigenvalue weighted by Crippen LogP contribution is 2.38. The molecule has 0 radical (unpaired) electrons. The molecule has 0 heterocycles. The van der Waals surface area contributed by atoms with Crippen molar-refractivity contribution in [2.24, 2.45) is 11.3 Å². The fraction of sp³-hybridized carbons (Fsp3) is 1.00. The van der Waals surface area contributed by atoms with Crippen molar-refractivity contribution in [2.45, 2.75) is 52.5 Å². The van der Waals surface area contributed by atoms with Crippen molar-refractivity contribution in [3.63, 3.8) is 0 Å². The van der Waals surface area contributed by atoms with Crippen molar-refractivity contribution >= 4 is 0 Å². The zero-order valence-electron chi connectivity index (χ0n) is 11.1. The lowest BCUT2D eigenvalue weighted by Gasteiger charge is -2.39. The van der Waals surface area contributed by atoms with Gasteiger partial charge in [0.15, 0.2) is 0 Å². The second-order valence-electron chi connectivity index (χ2n) is 5.91. The standard InChI is InChI=1S/C13H25F2NO/c1-10-8-13(2,3)5-4-11(10)16-6-7-17-9-12(14)15/h10-12,16H,4-9H2,1-3H3. The first-order valence-electron chi connectivity index (χ1n) is 6.50. The third kappa shape index (κ3) is 5.77. The van der Waals surface area contributed by atoms with Crippen LogP contribution >= 0.6 is 0 Å². The molecule has 1 saturated carbocycles. The maximum Gasteiger partial charge on any atom is 0.261 e. The predicted molar refractivity (Wildman–Crippen MR) is 65.4 cm³/mol. The zero-order valence-corrected chi connectivity index (χ0v) is 11.1. The van der Waals surface area contributed by atoms with E-state index in [1.54, 1.807) is 0 Å². The largest absolute Gasteiger partial charge is 0.374 e. The molecule has 0 spiro atoms. The number of nitrogens with one attached hydrogen (secondary N) is 1. The summed E-state index contributed by atoms with van der Waals surface area (Å²) in [4.78, 5) is 0. The fourth-order valence-corrected chi connectivity index (χ4v) is 2.74. The molecule has 2 unspecified atom stereocenters. The summed E-state index contributed by atoms with van der Waals surface area (Å²) < 4.78 is 28.5. The van der Waals surface area contributed by atoms with Crippen LogP contribution in [-0.2, 0) is 4.74 Å². The molecule has 0 aliphatic heterocycles. The molecule has 17 heavy (non-hydrogen) atoms. The monoisotopic (exact) mass is 249 g/mol. The molecule has 1 N–H and O–H groups in total. The van der Waals surface area contributed by atoms with Crippen molar-refractivity contribution in [3.8, 4) is 0 Å². The van der Waals surface area contributed by atoms with Crippen LogP contribution in [0.15, 0.2) is 0 Å². The van der Waals surface area contributed by atoms with Crippen LogP contribution in [0.25, 0.3) is 0 Å². The van der Waals surface area contributed by atoms with Crippen molar-refractivity contribution in [1.82, 2.24) is 5.32 Å². The molecular formula is C13H25F2NO. The Morgan fingerprint density at radius 3 is 2.71 bits per heavy atom. The summed E-state index contributed by atoms with van der Waals surface area (Å²) in [6.07, 6.45) is 1.27. The normalized spacial score (nSPS) is 28.6. The number of hydrogen-bond donors (Lipinski definition) is 1. The van der Waals surface area contributed by atoms with Gasteiger partial charge in [0, 0.05) is 12.6 Å². The SMILES string of the molecule is CC1CC(C)(C)CCC1NCCOCC(F)F. The molecule has 0 aromatic carbocycles. The smallest absolute Gasteiger partial charge is 0.261 e. The van der Waals surface area contributed by atoms with Gasteiger partial charge in [-0.1, -0.05) is 20.8 Å². The lowest BCUT2D eigenvalue weighted by atomic mass is 9.70. The summed E-state index contributed by atoms with van der Waals surface area (Å²) in [5.41, 5.74) is 0.448. The number of hydrogen-bond acceptors (Lipinski definition) is 2. The molecule has 2 nitrogen and oxygen atoms in total. The van der Waals surface area contributed by atoms with E-state index in [0.29, 0.717) is 30.5 Å². The second-order valence-corrected chi connectivity index (χ2v) is 5.91. The molecule has 4 heteroatoms. The van der Waals surface area contributed by atoms with E-state index in [-0.39, 0.29) is 0 Å². The maximum atomic E-state index is 11.8. The van der Waals surface area contributed by atoms with Gasteiger partial charge in [-0.25, -0.2) is 8.78 Å². The first-order chi connectivity index (χ1) is 7.91. The van der Waals surface area contributed by atoms with E-state index < -0.39 is 13.0 Å². The zero-order chi connectivity index (χ0) is 12.9. The molecule has 0 amide bonds. The van der Waals surface area contributed by atoms with Gasteiger partial charge in [-0.05, 0) is 30.6 Å². The first-order valence-corrected chi connectivity index (χ1v) is 6.50. The Balaban J connectivity index is 2.12. The van der Waals surface area contributed by atoms with E-state index in [4.69, 9.17) is 4.74 Å². The van der Waals surface area contributed by atoms with Crippen LogP contribution in [0.3, 0.4) is 0 Å². The molecule has 1 aliphatic rings. The van der Waals surface area contributed by atoms with Gasteiger partial charge in [-0.2, -0.15) is 0 Å². The first kappa shape index (κ1) is 14.8. The Bertz CT molecular complexity index is 221. The highest BCUT2D eigenvalue weighted by atomic mass is 19.3. The van der Waals surface area contributed by atoms with E-state index in [1.165, 1.54) is 19.3 Å². The van der Waals surface area contributed by atoms with Crippen LogP contribution in [0.4, 0.5) is 8.78 Å². The van der Waals surface area contributed by atoms with E-state index in [9.17, 15) is 8.78 Å². The minimum atomic E-state index is -2.36. The minimum Gasteiger partial charge on any atom is -0.374 e. The van der Waals surface area contributed by atoms with Gasteiger partial charge in [-0.15, -0.1) is 0 Å². The molecule has 2 atom stereocenters. The average molecular weight is 249 g/mol. The molecule has 1 rings (SSSR count). The average Bonchev–Trinajstić information content (AvgIpc) is 2.19. The van der Waals surface area contributed by atoms with Crippen LogP contribution in [0.2, 0.25) is 0 Å². The summed E-state index contributed by atoms with van der Waals surface area (Å²) in [5.74, 6) is 0.647. The number of halogens is 2. The van der Waals surface area contributed by atoms with E-state index in [2.05, 4.69) is 26.1 Å². The van der Waals surface area contributed by atoms with Gasteiger partial charge in [0.25, 0.3) is 6.43 Å². The van der Waals surface area contributed by atoms with E-state index >= 15 is 0 Å². The van der Waals surface area contributed by atoms with Crippen molar-refractivity contribution in [1.29, 1.82) is 0 Å². The third-order valence-electron chi connectivity index (χ3n) is 3.59. The molecule has 0 aromatic heterocycles. The van der Waals surface area contributed by atoms with Crippen molar-refractivity contribution in [2.75, 3.05) is 19.8 Å². The molecule has 1 aliphatic carbocycles. The van der Waals surface area contributed by atoms with Crippen molar-refractivity contribution in [3.05, 3.63) is 0 Å². The Morgan fingerprint density at radius 2 is 2.12 bits per heavy atom. The Hall–Kier alpha value is -0.220. The number of ether oxygens (including phenoxy) is 1. The molecule has 0 saturated heterocycles. The van der Waals surface area contributed by atoms with Crippen LogP contribution in [0.1, 0.15) is 40.0 Å². The topological polar surface area (TPSA) is 21.3 Å². The van der Waals surface area contributed by atoms with E-state index in [1.807, 2.05) is 0 Å². The molecule has 0 bridgehead atoms. The maximum absolute atomic E-state index is 11.8. The minimum absolute atomic E-state index is 0.372. The number of alkyl halides is 2. The molecule has 1 fully saturated rings. The quantitative estimate of drug-likeness (QED) is 0.730. The molecular weight excluding hydrogens is 224 g/mol. The second kappa shape index (κ2) is 6.64. The van der Waals surface area contributed by atoms with Crippen molar-refractivity contribution < 1.29 is 13.5 Å². The summed E-state index contributed by atoms with van der Waals surface area (Å²) in [5, 5.41) is 3.41. The Morgan fingerprint density at radius 1 is 1.41 bits per heavy atom. The van der Waals surface area contributed by atoms with Crippen LogP contribution in [0, 0.1) is 11.3 Å². The highest BCUT2D eigenvalue weighted by Gasteiger charge is 2.31. The molecule has 102 valence electrons. The van der Waals surface area contributed by atoms with E-state index in [0.717, 1.165) is 0 Å². The van der Waals surface area contributed by atoms with Crippen LogP contribution in [0.5, 0.6) is 0 Å². The Labute approximate surface area is 103 Å². The van der Waals surface area contributed by atoms with Crippen LogP contribution in [-0.4, -0.2) is 32.2 Å². The van der Waals surface area contributed by atoms with Crippen LogP contribution < -0.4 is 5.32 Å². The highest BCUT2D eigenvalue weighted by molar-refractivity contribution is 4.86. The van der Waals surface area contributed by atoms with Gasteiger partial charge in [0.05, 0.1) is 6.61 Å². The lowest BCUT2D eigenvalue weighted by molar-refractivity contribution is 0.0168. The summed E-state index contributed by atoms with van der Waals surface area (Å²) in [7, 11) is 0. The summed E-state index contributed by atoms with van der Waals surface area (Å²) in [6.45, 7) is 7.48. The summed E-state index contributed by atoms with van der Waals surface area (Å²) >= 11 is 0. The van der Waals surface area contributed by atoms with Gasteiger partial charge in [0.1, 0.15) is 6.61 Å². The van der Waals surface area contributed by atoms with Gasteiger partial charge in [0.2, 0.25) is 0 Å². The van der Waals surface area contributed by atoms with Gasteiger partial charge in [-0.3, -0.25) is 0 Å². The van der Waals surface area contributed by atoms with Gasteiger partial charge >= 0.3 is 0 Å². The Kier molecular flexibility index (Phi) is 5.80. The lowest BCUT2D eigenvalue weighted by Crippen LogP contribution is -2.42. The third-order valence-corrected chi connectivity index (χ3v) is 3.59. The fourth-order valence-electron chi connectivity index (χ4n) is 2.74. The predicted octanol–water partition coefficient (Wildman–Crippen LogP) is 3.07.